The molecule has 144 valence electrons. The number of rotatable bonds is 6. The number of likely N-dealkylation sites (tertiary alicyclic amines) is 1. The fourth-order valence-corrected chi connectivity index (χ4v) is 4.40. The third kappa shape index (κ3) is 4.08. The Morgan fingerprint density at radius 1 is 1.04 bits per heavy atom. The van der Waals surface area contributed by atoms with Crippen LogP contribution in [0.2, 0.25) is 0 Å². The summed E-state index contributed by atoms with van der Waals surface area (Å²) < 4.78 is 10.9. The number of aliphatic hydroxyl groups is 1. The molecule has 3 aliphatic heterocycles. The SMILES string of the molecule is OCC1CCCCN1CCNC1CCN(c2ccc3c(c2)OCO3)CC1. The van der Waals surface area contributed by atoms with Crippen LogP contribution in [0.25, 0.3) is 0 Å². The second-order valence-corrected chi connectivity index (χ2v) is 7.62. The van der Waals surface area contributed by atoms with Gasteiger partial charge in [-0.25, -0.2) is 0 Å². The molecule has 2 N–H and O–H groups in total. The Morgan fingerprint density at radius 3 is 2.73 bits per heavy atom. The molecule has 1 unspecified atom stereocenters. The molecule has 0 saturated carbocycles. The van der Waals surface area contributed by atoms with E-state index in [9.17, 15) is 5.11 Å². The van der Waals surface area contributed by atoms with E-state index in [0.717, 1.165) is 63.5 Å². The first-order valence-electron chi connectivity index (χ1n) is 10.1. The lowest BCUT2D eigenvalue weighted by atomic mass is 10.0. The first-order chi connectivity index (χ1) is 12.8. The Balaban J connectivity index is 1.20. The van der Waals surface area contributed by atoms with Gasteiger partial charge < -0.3 is 24.8 Å². The predicted octanol–water partition coefficient (Wildman–Crippen LogP) is 1.82. The van der Waals surface area contributed by atoms with Crippen molar-refractivity contribution in [2.24, 2.45) is 0 Å². The average molecular weight is 361 g/mol. The van der Waals surface area contributed by atoms with Crippen molar-refractivity contribution < 1.29 is 14.6 Å². The van der Waals surface area contributed by atoms with Gasteiger partial charge in [-0.1, -0.05) is 6.42 Å². The van der Waals surface area contributed by atoms with Gasteiger partial charge in [-0.15, -0.1) is 0 Å². The highest BCUT2D eigenvalue weighted by Crippen LogP contribution is 2.36. The Kier molecular flexibility index (Phi) is 5.82. The third-order valence-electron chi connectivity index (χ3n) is 6.01. The number of benzene rings is 1. The molecular formula is C20H31N3O3. The smallest absolute Gasteiger partial charge is 0.231 e. The summed E-state index contributed by atoms with van der Waals surface area (Å²) in [5, 5.41) is 13.3. The maximum absolute atomic E-state index is 9.52. The Labute approximate surface area is 156 Å². The van der Waals surface area contributed by atoms with Crippen LogP contribution in [-0.4, -0.2) is 68.2 Å². The maximum atomic E-state index is 9.52. The largest absolute Gasteiger partial charge is 0.454 e. The van der Waals surface area contributed by atoms with Gasteiger partial charge >= 0.3 is 0 Å². The molecular weight excluding hydrogens is 330 g/mol. The fourth-order valence-electron chi connectivity index (χ4n) is 4.40. The van der Waals surface area contributed by atoms with E-state index in [1.54, 1.807) is 0 Å². The number of aliphatic hydroxyl groups excluding tert-OH is 1. The molecule has 1 atom stereocenters. The minimum Gasteiger partial charge on any atom is -0.454 e. The Morgan fingerprint density at radius 2 is 1.88 bits per heavy atom. The number of ether oxygens (including phenoxy) is 2. The number of fused-ring (bicyclic) bond motifs is 1. The van der Waals surface area contributed by atoms with Crippen molar-refractivity contribution in [1.29, 1.82) is 0 Å². The van der Waals surface area contributed by atoms with Gasteiger partial charge in [-0.2, -0.15) is 0 Å². The van der Waals surface area contributed by atoms with Crippen molar-refractivity contribution in [3.05, 3.63) is 18.2 Å². The van der Waals surface area contributed by atoms with Crippen LogP contribution in [0.4, 0.5) is 5.69 Å². The predicted molar refractivity (Wildman–Crippen MR) is 102 cm³/mol. The van der Waals surface area contributed by atoms with Gasteiger partial charge in [-0.05, 0) is 44.4 Å². The van der Waals surface area contributed by atoms with E-state index in [0.29, 0.717) is 25.5 Å². The Hall–Kier alpha value is -1.50. The number of hydrogen-bond donors (Lipinski definition) is 2. The first kappa shape index (κ1) is 17.9. The van der Waals surface area contributed by atoms with Crippen molar-refractivity contribution in [3.63, 3.8) is 0 Å². The molecule has 1 aromatic carbocycles. The number of nitrogens with zero attached hydrogens (tertiary/aromatic N) is 2. The molecule has 0 bridgehead atoms. The molecule has 4 rings (SSSR count). The van der Waals surface area contributed by atoms with Gasteiger partial charge in [0.1, 0.15) is 0 Å². The van der Waals surface area contributed by atoms with Gasteiger partial charge in [0, 0.05) is 50.0 Å². The summed E-state index contributed by atoms with van der Waals surface area (Å²) in [4.78, 5) is 4.89. The van der Waals surface area contributed by atoms with Crippen LogP contribution >= 0.6 is 0 Å². The Bertz CT molecular complexity index is 590. The van der Waals surface area contributed by atoms with E-state index in [4.69, 9.17) is 9.47 Å². The normalized spacial score (nSPS) is 24.2. The molecule has 3 aliphatic rings. The molecule has 2 fully saturated rings. The van der Waals surface area contributed by atoms with Gasteiger partial charge in [0.2, 0.25) is 6.79 Å². The van der Waals surface area contributed by atoms with Crippen molar-refractivity contribution in [3.8, 4) is 11.5 Å². The summed E-state index contributed by atoms with van der Waals surface area (Å²) in [6.07, 6.45) is 6.00. The minimum absolute atomic E-state index is 0.300. The van der Waals surface area contributed by atoms with Crippen molar-refractivity contribution in [2.45, 2.75) is 44.2 Å². The average Bonchev–Trinajstić information content (AvgIpc) is 3.17. The molecule has 3 heterocycles. The molecule has 0 radical (unpaired) electrons. The van der Waals surface area contributed by atoms with E-state index in [1.807, 2.05) is 6.07 Å². The third-order valence-corrected chi connectivity index (χ3v) is 6.01. The second-order valence-electron chi connectivity index (χ2n) is 7.62. The van der Waals surface area contributed by atoms with E-state index in [-0.39, 0.29) is 0 Å². The van der Waals surface area contributed by atoms with E-state index >= 15 is 0 Å². The van der Waals surface area contributed by atoms with Crippen molar-refractivity contribution in [1.82, 2.24) is 10.2 Å². The summed E-state index contributed by atoms with van der Waals surface area (Å²) in [5.74, 6) is 1.71. The standard InChI is InChI=1S/C20H31N3O3/c24-14-18-3-1-2-9-22(18)12-8-21-16-6-10-23(11-7-16)17-4-5-19-20(13-17)26-15-25-19/h4-5,13,16,18,21,24H,1-3,6-12,14-15H2. The summed E-state index contributed by atoms with van der Waals surface area (Å²) in [6, 6.07) is 7.21. The maximum Gasteiger partial charge on any atom is 0.231 e. The van der Waals surface area contributed by atoms with Crippen molar-refractivity contribution in [2.75, 3.05) is 51.0 Å². The van der Waals surface area contributed by atoms with Crippen LogP contribution in [0.15, 0.2) is 18.2 Å². The molecule has 6 nitrogen and oxygen atoms in total. The second kappa shape index (κ2) is 8.46. The van der Waals surface area contributed by atoms with Crippen LogP contribution in [0.5, 0.6) is 11.5 Å². The van der Waals surface area contributed by atoms with Crippen LogP contribution in [0.1, 0.15) is 32.1 Å². The highest BCUT2D eigenvalue weighted by Gasteiger charge is 2.23. The van der Waals surface area contributed by atoms with E-state index in [2.05, 4.69) is 27.2 Å². The number of nitrogens with one attached hydrogen (secondary N) is 1. The molecule has 0 aromatic heterocycles. The lowest BCUT2D eigenvalue weighted by Gasteiger charge is -2.36. The van der Waals surface area contributed by atoms with Crippen LogP contribution < -0.4 is 19.7 Å². The van der Waals surface area contributed by atoms with Gasteiger partial charge in [0.05, 0.1) is 6.61 Å². The monoisotopic (exact) mass is 361 g/mol. The van der Waals surface area contributed by atoms with Crippen LogP contribution in [-0.2, 0) is 0 Å². The summed E-state index contributed by atoms with van der Waals surface area (Å²) in [6.45, 7) is 5.97. The highest BCUT2D eigenvalue weighted by atomic mass is 16.7. The molecule has 26 heavy (non-hydrogen) atoms. The summed E-state index contributed by atoms with van der Waals surface area (Å²) in [5.41, 5.74) is 1.23. The lowest BCUT2D eigenvalue weighted by molar-refractivity contribution is 0.0901. The molecule has 2 saturated heterocycles. The zero-order chi connectivity index (χ0) is 17.8. The van der Waals surface area contributed by atoms with Gasteiger partial charge in [0.25, 0.3) is 0 Å². The quantitative estimate of drug-likeness (QED) is 0.806. The van der Waals surface area contributed by atoms with Crippen molar-refractivity contribution >= 4 is 5.69 Å². The molecule has 1 aromatic rings. The zero-order valence-electron chi connectivity index (χ0n) is 15.5. The summed E-state index contributed by atoms with van der Waals surface area (Å²) >= 11 is 0. The lowest BCUT2D eigenvalue weighted by Crippen LogP contribution is -2.48. The van der Waals surface area contributed by atoms with Gasteiger partial charge in [0.15, 0.2) is 11.5 Å². The molecule has 0 aliphatic carbocycles. The molecule has 0 spiro atoms. The fraction of sp³-hybridized carbons (Fsp3) is 0.700. The number of anilines is 1. The van der Waals surface area contributed by atoms with Crippen LogP contribution in [0, 0.1) is 0 Å². The number of hydrogen-bond acceptors (Lipinski definition) is 6. The molecule has 6 heteroatoms. The number of piperidine rings is 2. The first-order valence-corrected chi connectivity index (χ1v) is 10.1. The van der Waals surface area contributed by atoms with E-state index < -0.39 is 0 Å². The van der Waals surface area contributed by atoms with E-state index in [1.165, 1.54) is 18.5 Å². The van der Waals surface area contributed by atoms with Gasteiger partial charge in [-0.3, -0.25) is 4.90 Å². The highest BCUT2D eigenvalue weighted by molar-refractivity contribution is 5.57. The van der Waals surface area contributed by atoms with Crippen LogP contribution in [0.3, 0.4) is 0 Å². The zero-order valence-corrected chi connectivity index (χ0v) is 15.5. The topological polar surface area (TPSA) is 57.2 Å². The molecule has 0 amide bonds. The minimum atomic E-state index is 0.300. The summed E-state index contributed by atoms with van der Waals surface area (Å²) in [7, 11) is 0.